The average molecular weight is 151 g/mol. The SMILES string of the molecule is O=C1C=NC2(CCCCC2)C1. The molecule has 2 rings (SSSR count). The fourth-order valence-electron chi connectivity index (χ4n) is 2.14. The first-order valence-corrected chi connectivity index (χ1v) is 4.39. The van der Waals surface area contributed by atoms with Crippen molar-refractivity contribution in [3.8, 4) is 0 Å². The second-order valence-electron chi connectivity index (χ2n) is 3.69. The number of carbonyl (C=O) groups is 1. The van der Waals surface area contributed by atoms with E-state index < -0.39 is 0 Å². The zero-order valence-electron chi connectivity index (χ0n) is 6.68. The molecule has 0 bridgehead atoms. The molecule has 0 aromatic rings. The van der Waals surface area contributed by atoms with E-state index in [0.29, 0.717) is 6.42 Å². The lowest BCUT2D eigenvalue weighted by Crippen LogP contribution is -2.27. The highest BCUT2D eigenvalue weighted by Gasteiger charge is 2.36. The Labute approximate surface area is 66.7 Å². The number of nitrogens with zero attached hydrogens (tertiary/aromatic N) is 1. The van der Waals surface area contributed by atoms with Gasteiger partial charge >= 0.3 is 0 Å². The van der Waals surface area contributed by atoms with Crippen LogP contribution >= 0.6 is 0 Å². The van der Waals surface area contributed by atoms with E-state index in [0.717, 1.165) is 12.8 Å². The third kappa shape index (κ3) is 1.22. The lowest BCUT2D eigenvalue weighted by Gasteiger charge is -2.29. The molecule has 0 saturated heterocycles. The molecule has 2 aliphatic rings. The molecule has 1 fully saturated rings. The van der Waals surface area contributed by atoms with Gasteiger partial charge in [-0.1, -0.05) is 19.3 Å². The van der Waals surface area contributed by atoms with Gasteiger partial charge in [-0.25, -0.2) is 0 Å². The topological polar surface area (TPSA) is 29.4 Å². The van der Waals surface area contributed by atoms with Crippen LogP contribution in [0.5, 0.6) is 0 Å². The molecule has 0 atom stereocenters. The molecule has 0 aromatic carbocycles. The molecular weight excluding hydrogens is 138 g/mol. The second kappa shape index (κ2) is 2.43. The first-order chi connectivity index (χ1) is 5.31. The van der Waals surface area contributed by atoms with Crippen LogP contribution in [0.4, 0.5) is 0 Å². The van der Waals surface area contributed by atoms with Gasteiger partial charge in [-0.3, -0.25) is 9.79 Å². The van der Waals surface area contributed by atoms with Crippen LogP contribution < -0.4 is 0 Å². The fourth-order valence-corrected chi connectivity index (χ4v) is 2.14. The summed E-state index contributed by atoms with van der Waals surface area (Å²) in [5.74, 6) is 0.229. The van der Waals surface area contributed by atoms with Crippen molar-refractivity contribution in [3.05, 3.63) is 0 Å². The van der Waals surface area contributed by atoms with Gasteiger partial charge < -0.3 is 0 Å². The minimum atomic E-state index is 0.0648. The summed E-state index contributed by atoms with van der Waals surface area (Å²) in [6, 6.07) is 0. The summed E-state index contributed by atoms with van der Waals surface area (Å²) in [5.41, 5.74) is 0.0648. The van der Waals surface area contributed by atoms with Gasteiger partial charge in [-0.05, 0) is 12.8 Å². The summed E-state index contributed by atoms with van der Waals surface area (Å²) in [7, 11) is 0. The Kier molecular flexibility index (Phi) is 1.55. The van der Waals surface area contributed by atoms with E-state index >= 15 is 0 Å². The van der Waals surface area contributed by atoms with Crippen LogP contribution in [0.3, 0.4) is 0 Å². The quantitative estimate of drug-likeness (QED) is 0.518. The number of carbonyl (C=O) groups excluding carboxylic acids is 1. The molecule has 0 unspecified atom stereocenters. The summed E-state index contributed by atoms with van der Waals surface area (Å²) >= 11 is 0. The van der Waals surface area contributed by atoms with E-state index in [1.165, 1.54) is 25.5 Å². The van der Waals surface area contributed by atoms with E-state index in [1.54, 1.807) is 0 Å². The molecule has 1 spiro atoms. The predicted octanol–water partition coefficient (Wildman–Crippen LogP) is 1.73. The van der Waals surface area contributed by atoms with Crippen molar-refractivity contribution in [2.75, 3.05) is 0 Å². The number of aliphatic imine (C=N–C) groups is 1. The van der Waals surface area contributed by atoms with E-state index in [9.17, 15) is 4.79 Å². The average Bonchev–Trinajstić information content (AvgIpc) is 2.34. The molecular formula is C9H13NO. The Bertz CT molecular complexity index is 202. The highest BCUT2D eigenvalue weighted by molar-refractivity contribution is 6.29. The molecule has 1 saturated carbocycles. The van der Waals surface area contributed by atoms with Crippen LogP contribution in [0.15, 0.2) is 4.99 Å². The van der Waals surface area contributed by atoms with Crippen LogP contribution in [0.1, 0.15) is 38.5 Å². The van der Waals surface area contributed by atoms with Crippen LogP contribution in [-0.2, 0) is 4.79 Å². The van der Waals surface area contributed by atoms with Crippen molar-refractivity contribution in [3.63, 3.8) is 0 Å². The third-order valence-electron chi connectivity index (χ3n) is 2.77. The third-order valence-corrected chi connectivity index (χ3v) is 2.77. The molecule has 1 heterocycles. The smallest absolute Gasteiger partial charge is 0.175 e. The number of rotatable bonds is 0. The molecule has 1 aliphatic heterocycles. The zero-order valence-corrected chi connectivity index (χ0v) is 6.68. The maximum atomic E-state index is 11.0. The van der Waals surface area contributed by atoms with E-state index in [4.69, 9.17) is 0 Å². The fraction of sp³-hybridized carbons (Fsp3) is 0.778. The monoisotopic (exact) mass is 151 g/mol. The highest BCUT2D eigenvalue weighted by atomic mass is 16.1. The lowest BCUT2D eigenvalue weighted by molar-refractivity contribution is -0.112. The van der Waals surface area contributed by atoms with Gasteiger partial charge in [0, 0.05) is 6.42 Å². The van der Waals surface area contributed by atoms with Gasteiger partial charge in [-0.2, -0.15) is 0 Å². The number of ketones is 1. The molecule has 0 N–H and O–H groups in total. The maximum absolute atomic E-state index is 11.0. The van der Waals surface area contributed by atoms with E-state index in [2.05, 4.69) is 4.99 Å². The maximum Gasteiger partial charge on any atom is 0.175 e. The Morgan fingerprint density at radius 3 is 2.55 bits per heavy atom. The predicted molar refractivity (Wildman–Crippen MR) is 43.9 cm³/mol. The molecule has 1 aliphatic carbocycles. The van der Waals surface area contributed by atoms with Gasteiger partial charge in [0.05, 0.1) is 11.8 Å². The summed E-state index contributed by atoms with van der Waals surface area (Å²) in [5, 5.41) is 0. The Morgan fingerprint density at radius 2 is 2.00 bits per heavy atom. The number of Topliss-reactive ketones (excluding diaryl/α,β-unsaturated/α-hetero) is 1. The van der Waals surface area contributed by atoms with Gasteiger partial charge in [0.2, 0.25) is 0 Å². The molecule has 11 heavy (non-hydrogen) atoms. The Morgan fingerprint density at radius 1 is 1.27 bits per heavy atom. The van der Waals surface area contributed by atoms with Crippen molar-refractivity contribution >= 4 is 12.0 Å². The first-order valence-electron chi connectivity index (χ1n) is 4.39. The van der Waals surface area contributed by atoms with Crippen LogP contribution in [0, 0.1) is 0 Å². The van der Waals surface area contributed by atoms with Gasteiger partial charge in [0.1, 0.15) is 0 Å². The molecule has 60 valence electrons. The summed E-state index contributed by atoms with van der Waals surface area (Å²) in [6.45, 7) is 0. The molecule has 0 radical (unpaired) electrons. The van der Waals surface area contributed by atoms with Gasteiger partial charge in [0.15, 0.2) is 5.78 Å². The Balaban J connectivity index is 2.10. The number of hydrogen-bond donors (Lipinski definition) is 0. The highest BCUT2D eigenvalue weighted by Crippen LogP contribution is 2.36. The van der Waals surface area contributed by atoms with E-state index in [1.807, 2.05) is 0 Å². The number of hydrogen-bond acceptors (Lipinski definition) is 2. The van der Waals surface area contributed by atoms with E-state index in [-0.39, 0.29) is 11.3 Å². The van der Waals surface area contributed by atoms with Crippen molar-refractivity contribution in [2.24, 2.45) is 4.99 Å². The summed E-state index contributed by atoms with van der Waals surface area (Å²) in [6.07, 6.45) is 8.32. The van der Waals surface area contributed by atoms with Crippen molar-refractivity contribution in [1.82, 2.24) is 0 Å². The molecule has 2 nitrogen and oxygen atoms in total. The van der Waals surface area contributed by atoms with Gasteiger partial charge in [-0.15, -0.1) is 0 Å². The lowest BCUT2D eigenvalue weighted by atomic mass is 9.80. The standard InChI is InChI=1S/C9H13NO/c11-8-6-9(10-7-8)4-2-1-3-5-9/h7H,1-6H2. The first kappa shape index (κ1) is 7.01. The summed E-state index contributed by atoms with van der Waals surface area (Å²) in [4.78, 5) is 15.3. The molecule has 0 amide bonds. The van der Waals surface area contributed by atoms with Crippen molar-refractivity contribution in [2.45, 2.75) is 44.1 Å². The minimum Gasteiger partial charge on any atom is -0.293 e. The van der Waals surface area contributed by atoms with Crippen LogP contribution in [0.2, 0.25) is 0 Å². The van der Waals surface area contributed by atoms with Gasteiger partial charge in [0.25, 0.3) is 0 Å². The van der Waals surface area contributed by atoms with Crippen molar-refractivity contribution < 1.29 is 4.79 Å². The van der Waals surface area contributed by atoms with Crippen molar-refractivity contribution in [1.29, 1.82) is 0 Å². The normalized spacial score (nSPS) is 28.2. The summed E-state index contributed by atoms with van der Waals surface area (Å²) < 4.78 is 0. The molecule has 0 aromatic heterocycles. The zero-order chi connectivity index (χ0) is 7.73. The minimum absolute atomic E-state index is 0.0648. The second-order valence-corrected chi connectivity index (χ2v) is 3.69. The van der Waals surface area contributed by atoms with Crippen LogP contribution in [-0.4, -0.2) is 17.5 Å². The molecule has 2 heteroatoms. The Hall–Kier alpha value is -0.660. The van der Waals surface area contributed by atoms with Crippen LogP contribution in [0.25, 0.3) is 0 Å². The largest absolute Gasteiger partial charge is 0.293 e.